The van der Waals surface area contributed by atoms with Crippen LogP contribution in [0.5, 0.6) is 0 Å². The second-order valence-corrected chi connectivity index (χ2v) is 7.75. The first kappa shape index (κ1) is 21.8. The molecule has 0 radical (unpaired) electrons. The Labute approximate surface area is 150 Å². The minimum absolute atomic E-state index is 0.171. The van der Waals surface area contributed by atoms with Crippen molar-refractivity contribution in [2.75, 3.05) is 14.2 Å². The first-order valence-electron chi connectivity index (χ1n) is 7.46. The molecule has 0 saturated heterocycles. The average molecular weight is 442 g/mol. The van der Waals surface area contributed by atoms with E-state index in [0.29, 0.717) is 12.8 Å². The van der Waals surface area contributed by atoms with Crippen LogP contribution >= 0.6 is 31.9 Å². The lowest BCUT2D eigenvalue weighted by Crippen LogP contribution is -2.12. The number of aliphatic hydroxyl groups is 1. The molecule has 0 amide bonds. The SMILES string of the molecule is COC(=O)CC[C@@H](/C=C/[C@H](O)CCCCCC=C(Br)Br)OC. The maximum atomic E-state index is 11.1. The number of ether oxygens (including phenoxy) is 2. The van der Waals surface area contributed by atoms with Crippen LogP contribution in [0.1, 0.15) is 44.9 Å². The number of halogens is 2. The largest absolute Gasteiger partial charge is 0.469 e. The van der Waals surface area contributed by atoms with Gasteiger partial charge >= 0.3 is 5.97 Å². The van der Waals surface area contributed by atoms with Gasteiger partial charge in [-0.25, -0.2) is 0 Å². The lowest BCUT2D eigenvalue weighted by Gasteiger charge is -2.11. The number of rotatable bonds is 12. The Morgan fingerprint density at radius 1 is 1.14 bits per heavy atom. The average Bonchev–Trinajstić information content (AvgIpc) is 2.50. The smallest absolute Gasteiger partial charge is 0.305 e. The normalized spacial score (nSPS) is 13.9. The summed E-state index contributed by atoms with van der Waals surface area (Å²) in [5, 5.41) is 9.90. The highest BCUT2D eigenvalue weighted by Gasteiger charge is 2.08. The van der Waals surface area contributed by atoms with Crippen molar-refractivity contribution in [3.8, 4) is 0 Å². The molecule has 0 aromatic carbocycles. The Hall–Kier alpha value is -0.170. The molecule has 0 aromatic heterocycles. The topological polar surface area (TPSA) is 55.8 Å². The van der Waals surface area contributed by atoms with E-state index in [2.05, 4.69) is 42.7 Å². The van der Waals surface area contributed by atoms with Crippen LogP contribution in [0.3, 0.4) is 0 Å². The van der Waals surface area contributed by atoms with E-state index in [9.17, 15) is 9.90 Å². The first-order chi connectivity index (χ1) is 10.5. The van der Waals surface area contributed by atoms with Gasteiger partial charge in [-0.2, -0.15) is 0 Å². The molecule has 0 spiro atoms. The van der Waals surface area contributed by atoms with Gasteiger partial charge in [-0.05, 0) is 57.5 Å². The van der Waals surface area contributed by atoms with Crippen LogP contribution in [0.25, 0.3) is 0 Å². The third-order valence-corrected chi connectivity index (χ3v) is 3.86. The van der Waals surface area contributed by atoms with Gasteiger partial charge < -0.3 is 14.6 Å². The Morgan fingerprint density at radius 3 is 2.45 bits per heavy atom. The van der Waals surface area contributed by atoms with E-state index in [1.807, 2.05) is 6.08 Å². The zero-order valence-electron chi connectivity index (χ0n) is 13.3. The third-order valence-electron chi connectivity index (χ3n) is 3.21. The quantitative estimate of drug-likeness (QED) is 0.276. The summed E-state index contributed by atoms with van der Waals surface area (Å²) in [7, 11) is 2.96. The van der Waals surface area contributed by atoms with Gasteiger partial charge in [-0.15, -0.1) is 0 Å². The molecule has 0 aliphatic rings. The molecule has 22 heavy (non-hydrogen) atoms. The van der Waals surface area contributed by atoms with E-state index in [1.165, 1.54) is 7.11 Å². The van der Waals surface area contributed by atoms with Crippen LogP contribution in [0.2, 0.25) is 0 Å². The number of hydrogen-bond acceptors (Lipinski definition) is 4. The van der Waals surface area contributed by atoms with Crippen LogP contribution in [0, 0.1) is 0 Å². The van der Waals surface area contributed by atoms with E-state index in [-0.39, 0.29) is 12.1 Å². The van der Waals surface area contributed by atoms with Gasteiger partial charge in [0.15, 0.2) is 0 Å². The summed E-state index contributed by atoms with van der Waals surface area (Å²) in [6.07, 6.45) is 10.8. The Kier molecular flexibility index (Phi) is 14.3. The molecule has 0 aliphatic heterocycles. The van der Waals surface area contributed by atoms with Gasteiger partial charge in [0.05, 0.1) is 22.7 Å². The monoisotopic (exact) mass is 440 g/mol. The van der Waals surface area contributed by atoms with E-state index in [4.69, 9.17) is 4.74 Å². The number of unbranched alkanes of at least 4 members (excludes halogenated alkanes) is 3. The van der Waals surface area contributed by atoms with Crippen molar-refractivity contribution in [2.45, 2.75) is 57.2 Å². The molecule has 128 valence electrons. The predicted octanol–water partition coefficient (Wildman–Crippen LogP) is 4.45. The van der Waals surface area contributed by atoms with Gasteiger partial charge in [0.25, 0.3) is 0 Å². The second-order valence-electron chi connectivity index (χ2n) is 4.97. The summed E-state index contributed by atoms with van der Waals surface area (Å²) in [6, 6.07) is 0. The number of carbonyl (C=O) groups is 1. The standard InChI is InChI=1S/C16H26Br2O4/c1-21-14(11-12-16(20)22-2)10-9-13(19)7-5-3-4-6-8-15(17)18/h8-10,13-14,19H,3-7,11-12H2,1-2H3/b10-9+/t13-,14-/m1/s1. The molecule has 2 atom stereocenters. The maximum absolute atomic E-state index is 11.1. The minimum atomic E-state index is -0.464. The molecule has 6 heteroatoms. The number of allylic oxidation sites excluding steroid dienone is 1. The Morgan fingerprint density at radius 2 is 1.86 bits per heavy atom. The highest BCUT2D eigenvalue weighted by molar-refractivity contribution is 9.28. The lowest BCUT2D eigenvalue weighted by atomic mass is 10.1. The van der Waals surface area contributed by atoms with Crippen molar-refractivity contribution in [1.29, 1.82) is 0 Å². The van der Waals surface area contributed by atoms with Crippen molar-refractivity contribution >= 4 is 37.8 Å². The molecule has 0 aliphatic carbocycles. The number of carbonyl (C=O) groups excluding carboxylic acids is 1. The number of hydrogen-bond donors (Lipinski definition) is 1. The molecular formula is C16H26Br2O4. The van der Waals surface area contributed by atoms with Crippen molar-refractivity contribution < 1.29 is 19.4 Å². The molecule has 0 saturated carbocycles. The summed E-state index contributed by atoms with van der Waals surface area (Å²) in [5.74, 6) is -0.250. The van der Waals surface area contributed by atoms with Crippen LogP contribution in [0.15, 0.2) is 21.6 Å². The van der Waals surface area contributed by atoms with Crippen LogP contribution in [0.4, 0.5) is 0 Å². The fourth-order valence-electron chi connectivity index (χ4n) is 1.89. The van der Waals surface area contributed by atoms with E-state index in [1.54, 1.807) is 13.2 Å². The fraction of sp³-hybridized carbons (Fsp3) is 0.688. The minimum Gasteiger partial charge on any atom is -0.469 e. The number of methoxy groups -OCH3 is 2. The molecule has 4 nitrogen and oxygen atoms in total. The first-order valence-corrected chi connectivity index (χ1v) is 9.05. The summed E-state index contributed by atoms with van der Waals surface area (Å²) in [5.41, 5.74) is 0. The third kappa shape index (κ3) is 13.5. The second kappa shape index (κ2) is 14.4. The molecular weight excluding hydrogens is 416 g/mol. The number of esters is 1. The van der Waals surface area contributed by atoms with E-state index < -0.39 is 6.10 Å². The predicted molar refractivity (Wildman–Crippen MR) is 96.2 cm³/mol. The van der Waals surface area contributed by atoms with Gasteiger partial charge in [-0.1, -0.05) is 31.1 Å². The molecule has 0 heterocycles. The zero-order chi connectivity index (χ0) is 16.8. The highest BCUT2D eigenvalue weighted by atomic mass is 79.9. The number of aliphatic hydroxyl groups excluding tert-OH is 1. The molecule has 0 unspecified atom stereocenters. The molecule has 1 N–H and O–H groups in total. The van der Waals surface area contributed by atoms with Crippen molar-refractivity contribution in [1.82, 2.24) is 0 Å². The summed E-state index contributed by atoms with van der Waals surface area (Å²) in [4.78, 5) is 11.1. The van der Waals surface area contributed by atoms with Gasteiger partial charge in [0.1, 0.15) is 0 Å². The molecule has 0 bridgehead atoms. The van der Waals surface area contributed by atoms with E-state index in [0.717, 1.165) is 35.5 Å². The summed E-state index contributed by atoms with van der Waals surface area (Å²) in [6.45, 7) is 0. The molecule has 0 aromatic rings. The summed E-state index contributed by atoms with van der Waals surface area (Å²) < 4.78 is 10.8. The fourth-order valence-corrected chi connectivity index (χ4v) is 2.35. The van der Waals surface area contributed by atoms with Crippen LogP contribution in [-0.4, -0.2) is 37.5 Å². The van der Waals surface area contributed by atoms with Crippen molar-refractivity contribution in [3.05, 3.63) is 21.6 Å². The van der Waals surface area contributed by atoms with Crippen molar-refractivity contribution in [3.63, 3.8) is 0 Å². The summed E-state index contributed by atoms with van der Waals surface area (Å²) >= 11 is 6.64. The Balaban J connectivity index is 3.84. The Bertz CT molecular complexity index is 352. The van der Waals surface area contributed by atoms with Gasteiger partial charge in [0, 0.05) is 13.5 Å². The van der Waals surface area contributed by atoms with Gasteiger partial charge in [0.2, 0.25) is 0 Å². The van der Waals surface area contributed by atoms with E-state index >= 15 is 0 Å². The molecule has 0 fully saturated rings. The lowest BCUT2D eigenvalue weighted by molar-refractivity contribution is -0.141. The molecule has 0 rings (SSSR count). The van der Waals surface area contributed by atoms with Crippen LogP contribution in [-0.2, 0) is 14.3 Å². The van der Waals surface area contributed by atoms with Gasteiger partial charge in [-0.3, -0.25) is 4.79 Å². The van der Waals surface area contributed by atoms with Crippen LogP contribution < -0.4 is 0 Å². The zero-order valence-corrected chi connectivity index (χ0v) is 16.4. The van der Waals surface area contributed by atoms with Crippen molar-refractivity contribution in [2.24, 2.45) is 0 Å². The highest BCUT2D eigenvalue weighted by Crippen LogP contribution is 2.16. The maximum Gasteiger partial charge on any atom is 0.305 e.